The van der Waals surface area contributed by atoms with Crippen molar-refractivity contribution in [3.63, 3.8) is 0 Å². The Labute approximate surface area is 768 Å². The van der Waals surface area contributed by atoms with Gasteiger partial charge in [0, 0.05) is 92.6 Å². The van der Waals surface area contributed by atoms with Gasteiger partial charge in [-0.25, -0.2) is 29.9 Å². The molecular formula is C120H76N14. The van der Waals surface area contributed by atoms with Gasteiger partial charge in [0.05, 0.1) is 117 Å². The van der Waals surface area contributed by atoms with Gasteiger partial charge in [-0.2, -0.15) is 10.5 Å². The zero-order valence-corrected chi connectivity index (χ0v) is 73.0. The summed E-state index contributed by atoms with van der Waals surface area (Å²) in [6.07, 6.45) is 0.531. The normalized spacial score (nSPS) is 11.9. The van der Waals surface area contributed by atoms with Crippen LogP contribution >= 0.6 is 0 Å². The number of para-hydroxylation sites is 8. The van der Waals surface area contributed by atoms with Gasteiger partial charge in [0.15, 0.2) is 34.9 Å². The molecule has 626 valence electrons. The number of fused-ring (bicyclic) bond motifs is 18. The van der Waals surface area contributed by atoms with Crippen LogP contribution in [0.15, 0.2) is 394 Å². The average molecular weight is 1710 g/mol. The van der Waals surface area contributed by atoms with Gasteiger partial charge in [-0.3, -0.25) is 0 Å². The summed E-state index contributed by atoms with van der Waals surface area (Å²) in [6.45, 7) is 6.41. The fourth-order valence-electron chi connectivity index (χ4n) is 21.2. The molecule has 0 amide bonds. The van der Waals surface area contributed by atoms with Gasteiger partial charge in [0.25, 0.3) is 0 Å². The second-order valence-corrected chi connectivity index (χ2v) is 34.9. The van der Waals surface area contributed by atoms with Crippen molar-refractivity contribution < 1.29 is 0 Å². The highest BCUT2D eigenvalue weighted by molar-refractivity contribution is 6.19. The summed E-state index contributed by atoms with van der Waals surface area (Å²) in [5.41, 5.74) is 26.3. The molecule has 0 saturated heterocycles. The fourth-order valence-corrected chi connectivity index (χ4v) is 21.2. The Balaban J connectivity index is 0.710. The highest BCUT2D eigenvalue weighted by atomic mass is 15.2. The first-order valence-electron chi connectivity index (χ1n) is 45.1. The zero-order chi connectivity index (χ0) is 89.1. The fraction of sp³-hybridized carbons (Fsp3) is 0.0333. The lowest BCUT2D eigenvalue weighted by Crippen LogP contribution is -2.17. The van der Waals surface area contributed by atoms with Gasteiger partial charge in [-0.15, -0.1) is 0 Å². The van der Waals surface area contributed by atoms with Crippen molar-refractivity contribution in [3.8, 4) is 115 Å². The van der Waals surface area contributed by atoms with Crippen molar-refractivity contribution >= 4 is 131 Å². The predicted octanol–water partition coefficient (Wildman–Crippen LogP) is 28.9. The summed E-state index contributed by atoms with van der Waals surface area (Å²) in [7, 11) is 0. The minimum atomic E-state index is 0.298. The summed E-state index contributed by atoms with van der Waals surface area (Å²) in [6, 6.07) is 145. The SMILES string of the molecule is Cc1ccc2c(c1)c1cc(Cc3cccc(-c4nc(-c5ccccc5)nc(-c5c(C#N)c(-n6c7ccccc7c7ccccc76)c(-n6c7ccccc7c7ccccc76)c(-n6c7ccccc7c7ccccc76)c5-n5c6ccccc6c6ccccc65)n4)c3)ccc1n2-c1cc(C#N)c(-c2nc(-c3ccccc3)nc(-c3ccccc3)n2)c(-n2c3ccc(C)cc3c3cc(C)ccc32)c1. The first-order chi connectivity index (χ1) is 66.1. The van der Waals surface area contributed by atoms with Crippen molar-refractivity contribution in [1.82, 2.24) is 57.3 Å². The molecule has 14 nitrogen and oxygen atoms in total. The number of hydrogen-bond acceptors (Lipinski definition) is 8. The lowest BCUT2D eigenvalue weighted by atomic mass is 9.96. The summed E-state index contributed by atoms with van der Waals surface area (Å²) in [5, 5.41) is 38.2. The highest BCUT2D eigenvalue weighted by Crippen LogP contribution is 2.53. The third-order valence-electron chi connectivity index (χ3n) is 26.9. The molecule has 18 aromatic carbocycles. The molecule has 0 saturated carbocycles. The molecule has 26 rings (SSSR count). The van der Waals surface area contributed by atoms with Crippen LogP contribution < -0.4 is 0 Å². The van der Waals surface area contributed by atoms with Crippen LogP contribution in [-0.4, -0.2) is 57.3 Å². The molecule has 8 aromatic heterocycles. The predicted molar refractivity (Wildman–Crippen MR) is 545 cm³/mol. The highest BCUT2D eigenvalue weighted by Gasteiger charge is 2.38. The Morgan fingerprint density at radius 3 is 0.903 bits per heavy atom. The molecule has 0 aliphatic rings. The van der Waals surface area contributed by atoms with Gasteiger partial charge in [0.2, 0.25) is 0 Å². The van der Waals surface area contributed by atoms with Crippen LogP contribution in [0.25, 0.3) is 233 Å². The Hall–Kier alpha value is -18.2. The van der Waals surface area contributed by atoms with Crippen molar-refractivity contribution in [1.29, 1.82) is 10.5 Å². The average Bonchev–Trinajstić information content (AvgIpc) is 1.46. The van der Waals surface area contributed by atoms with Crippen LogP contribution in [0.1, 0.15) is 38.9 Å². The molecule has 0 radical (unpaired) electrons. The Kier molecular flexibility index (Phi) is 17.5. The standard InChI is InChI=1S/C120H76N14/c1-72-54-58-104-93(64-72)94-67-76(57-61-105(94)129(104)82-68-81(70-121)109(108(69-82)130-106-59-55-73(2)62-91(106)92-63-74(3)56-60-107(92)130)119-125-115(77-31-7-4-8-32-77)123-116(126-119)78-33-9-5-10-34-78)65-75-30-29-37-80(66-75)118-124-117(79-35-11-6-12-36-79)127-120(128-118)110-95(71-122)111(131-96-46-21-13-38-83(96)84-39-14-22-47-97(84)131)113(133-100-50-25-17-42-87(100)88-43-18-26-51-101(88)133)114(134-102-52-27-19-44-89(102)90-45-20-28-53-103(90)134)112(110)132-98-48-23-15-40-85(98)86-41-16-24-49-99(86)132/h4-64,66-69H,65H2,1-3H3. The van der Waals surface area contributed by atoms with E-state index in [1.165, 1.54) is 0 Å². The number of hydrogen-bond donors (Lipinski definition) is 0. The molecule has 0 bridgehead atoms. The molecule has 0 spiro atoms. The molecule has 14 heteroatoms. The van der Waals surface area contributed by atoms with Crippen molar-refractivity contribution in [3.05, 3.63) is 433 Å². The van der Waals surface area contributed by atoms with E-state index in [-0.39, 0.29) is 0 Å². The lowest BCUT2D eigenvalue weighted by Gasteiger charge is -2.29. The number of rotatable bonds is 14. The van der Waals surface area contributed by atoms with E-state index in [0.29, 0.717) is 75.0 Å². The number of aryl methyl sites for hydroxylation is 3. The van der Waals surface area contributed by atoms with Gasteiger partial charge < -0.3 is 27.4 Å². The summed E-state index contributed by atoms with van der Waals surface area (Å²) in [5.74, 6) is 2.50. The zero-order valence-electron chi connectivity index (χ0n) is 73.0. The largest absolute Gasteiger partial charge is 0.309 e. The Bertz CT molecular complexity index is 9230. The van der Waals surface area contributed by atoms with Crippen LogP contribution in [0.3, 0.4) is 0 Å². The van der Waals surface area contributed by atoms with E-state index in [0.717, 1.165) is 204 Å². The Morgan fingerprint density at radius 2 is 0.515 bits per heavy atom. The Morgan fingerprint density at radius 1 is 0.216 bits per heavy atom. The minimum absolute atomic E-state index is 0.298. The molecule has 0 N–H and O–H groups in total. The van der Waals surface area contributed by atoms with E-state index in [2.05, 4.69) is 370 Å². The monoisotopic (exact) mass is 1710 g/mol. The first kappa shape index (κ1) is 76.9. The quantitative estimate of drug-likeness (QED) is 0.104. The van der Waals surface area contributed by atoms with Gasteiger partial charge >= 0.3 is 0 Å². The van der Waals surface area contributed by atoms with Gasteiger partial charge in [-0.05, 0) is 154 Å². The van der Waals surface area contributed by atoms with Crippen LogP contribution in [0.4, 0.5) is 0 Å². The third kappa shape index (κ3) is 12.0. The maximum Gasteiger partial charge on any atom is 0.167 e. The summed E-state index contributed by atoms with van der Waals surface area (Å²) >= 11 is 0. The summed E-state index contributed by atoms with van der Waals surface area (Å²) < 4.78 is 14.2. The van der Waals surface area contributed by atoms with E-state index >= 15 is 0 Å². The van der Waals surface area contributed by atoms with E-state index in [1.54, 1.807) is 0 Å². The molecule has 0 aliphatic heterocycles. The molecule has 8 heterocycles. The molecule has 0 aliphatic carbocycles. The molecular weight excluding hydrogens is 1640 g/mol. The van der Waals surface area contributed by atoms with Crippen molar-refractivity contribution in [2.24, 2.45) is 0 Å². The minimum Gasteiger partial charge on any atom is -0.309 e. The third-order valence-corrected chi connectivity index (χ3v) is 26.9. The van der Waals surface area contributed by atoms with Crippen LogP contribution in [-0.2, 0) is 6.42 Å². The van der Waals surface area contributed by atoms with Crippen LogP contribution in [0.5, 0.6) is 0 Å². The van der Waals surface area contributed by atoms with E-state index in [4.69, 9.17) is 29.9 Å². The summed E-state index contributed by atoms with van der Waals surface area (Å²) in [4.78, 5) is 33.3. The maximum absolute atomic E-state index is 13.5. The smallest absolute Gasteiger partial charge is 0.167 e. The van der Waals surface area contributed by atoms with Crippen molar-refractivity contribution in [2.45, 2.75) is 27.2 Å². The van der Waals surface area contributed by atoms with Crippen molar-refractivity contribution in [2.75, 3.05) is 0 Å². The van der Waals surface area contributed by atoms with Gasteiger partial charge in [-0.1, -0.05) is 296 Å². The molecule has 26 aromatic rings. The number of benzene rings is 18. The van der Waals surface area contributed by atoms with Gasteiger partial charge in [0.1, 0.15) is 12.1 Å². The number of nitriles is 2. The maximum atomic E-state index is 13.5. The number of aromatic nitrogens is 12. The second kappa shape index (κ2) is 30.5. The molecule has 0 unspecified atom stereocenters. The van der Waals surface area contributed by atoms with E-state index in [9.17, 15) is 10.5 Å². The van der Waals surface area contributed by atoms with E-state index in [1.807, 2.05) is 84.9 Å². The van der Waals surface area contributed by atoms with E-state index < -0.39 is 0 Å². The first-order valence-corrected chi connectivity index (χ1v) is 45.1. The topological polar surface area (TPSA) is 154 Å². The molecule has 0 fully saturated rings. The van der Waals surface area contributed by atoms with Crippen LogP contribution in [0, 0.1) is 43.4 Å². The second-order valence-electron chi connectivity index (χ2n) is 34.9. The number of nitrogens with zero attached hydrogens (tertiary/aromatic N) is 14. The molecule has 0 atom stereocenters. The van der Waals surface area contributed by atoms with Crippen LogP contribution in [0.2, 0.25) is 0 Å². The molecule has 134 heavy (non-hydrogen) atoms. The lowest BCUT2D eigenvalue weighted by molar-refractivity contribution is 1.01.